The van der Waals surface area contributed by atoms with E-state index in [-0.39, 0.29) is 40.6 Å². The molecule has 1 spiro atoms. The Hall–Kier alpha value is -1.36. The van der Waals surface area contributed by atoms with Crippen LogP contribution in [0.3, 0.4) is 0 Å². The van der Waals surface area contributed by atoms with Gasteiger partial charge < -0.3 is 14.4 Å². The second-order valence-electron chi connectivity index (χ2n) is 14.1. The molecule has 0 bridgehead atoms. The van der Waals surface area contributed by atoms with Crippen LogP contribution in [-0.4, -0.2) is 41.3 Å². The van der Waals surface area contributed by atoms with Gasteiger partial charge >= 0.3 is 5.97 Å². The third-order valence-corrected chi connectivity index (χ3v) is 12.4. The molecular weight excluding hydrogens is 450 g/mol. The summed E-state index contributed by atoms with van der Waals surface area (Å²) in [5, 5.41) is 0. The second kappa shape index (κ2) is 8.32. The summed E-state index contributed by atoms with van der Waals surface area (Å²) in [4.78, 5) is 26.5. The Bertz CT molecular complexity index is 976. The second-order valence-corrected chi connectivity index (χ2v) is 14.1. The summed E-state index contributed by atoms with van der Waals surface area (Å²) < 4.78 is 12.7. The number of carbonyl (C=O) groups is 2. The van der Waals surface area contributed by atoms with E-state index in [0.29, 0.717) is 23.7 Å². The lowest BCUT2D eigenvalue weighted by Crippen LogP contribution is -2.60. The standard InChI is InChI=1S/C31H47NO4/c1-18-9-14-31(32(17-18)20(3)33)19(2)28-27(36-31)16-26-24-8-7-22-15-23(35-21(4)34)10-12-29(22,5)25(24)11-13-30(26,28)6/h7,18-19,23-28H,8-17H2,1-6H3/t18-,19-,23-,24-,25+,26+,27+,28+,29-,30-,31+/m0/s1. The van der Waals surface area contributed by atoms with Gasteiger partial charge in [-0.05, 0) is 91.8 Å². The van der Waals surface area contributed by atoms with Crippen molar-refractivity contribution < 1.29 is 19.1 Å². The quantitative estimate of drug-likeness (QED) is 0.324. The van der Waals surface area contributed by atoms with Crippen molar-refractivity contribution in [3.05, 3.63) is 11.6 Å². The number of piperidine rings is 1. The minimum absolute atomic E-state index is 0.0611. The monoisotopic (exact) mass is 497 g/mol. The highest BCUT2D eigenvalue weighted by molar-refractivity contribution is 5.74. The number of hydrogen-bond acceptors (Lipinski definition) is 4. The van der Waals surface area contributed by atoms with Crippen LogP contribution in [0.25, 0.3) is 0 Å². The third-order valence-electron chi connectivity index (χ3n) is 12.4. The van der Waals surface area contributed by atoms with Crippen LogP contribution in [0.15, 0.2) is 11.6 Å². The fourth-order valence-electron chi connectivity index (χ4n) is 10.8. The largest absolute Gasteiger partial charge is 0.462 e. The molecule has 0 radical (unpaired) electrons. The van der Waals surface area contributed by atoms with Gasteiger partial charge in [-0.25, -0.2) is 0 Å². The van der Waals surface area contributed by atoms with Gasteiger partial charge in [-0.2, -0.15) is 0 Å². The van der Waals surface area contributed by atoms with Crippen molar-refractivity contribution in [1.82, 2.24) is 4.90 Å². The number of hydrogen-bond donors (Lipinski definition) is 0. The number of likely N-dealkylation sites (tertiary alicyclic amines) is 1. The van der Waals surface area contributed by atoms with E-state index in [9.17, 15) is 9.59 Å². The van der Waals surface area contributed by atoms with Crippen LogP contribution in [0.5, 0.6) is 0 Å². The maximum absolute atomic E-state index is 12.8. The molecule has 1 amide bonds. The highest BCUT2D eigenvalue weighted by atomic mass is 16.5. The number of allylic oxidation sites excluding steroid dienone is 1. The van der Waals surface area contributed by atoms with Gasteiger partial charge in [-0.3, -0.25) is 9.59 Å². The molecule has 6 rings (SSSR count). The summed E-state index contributed by atoms with van der Waals surface area (Å²) in [6, 6.07) is 0. The molecule has 36 heavy (non-hydrogen) atoms. The normalized spacial score (nSPS) is 51.6. The van der Waals surface area contributed by atoms with Crippen LogP contribution in [0.2, 0.25) is 0 Å². The van der Waals surface area contributed by atoms with Crippen molar-refractivity contribution in [3.63, 3.8) is 0 Å². The van der Waals surface area contributed by atoms with Gasteiger partial charge in [0.1, 0.15) is 11.8 Å². The molecule has 2 saturated heterocycles. The summed E-state index contributed by atoms with van der Waals surface area (Å²) in [7, 11) is 0. The molecule has 0 unspecified atom stereocenters. The van der Waals surface area contributed by atoms with Gasteiger partial charge in [0.15, 0.2) is 0 Å². The Morgan fingerprint density at radius 2 is 1.83 bits per heavy atom. The Morgan fingerprint density at radius 3 is 2.56 bits per heavy atom. The van der Waals surface area contributed by atoms with Crippen LogP contribution >= 0.6 is 0 Å². The lowest BCUT2D eigenvalue weighted by atomic mass is 9.46. The van der Waals surface area contributed by atoms with Crippen molar-refractivity contribution in [3.8, 4) is 0 Å². The van der Waals surface area contributed by atoms with Crippen molar-refractivity contribution in [1.29, 1.82) is 0 Å². The summed E-state index contributed by atoms with van der Waals surface area (Å²) in [6.45, 7) is 13.9. The van der Waals surface area contributed by atoms with Gasteiger partial charge in [-0.1, -0.05) is 39.3 Å². The lowest BCUT2D eigenvalue weighted by molar-refractivity contribution is -0.200. The molecule has 5 nitrogen and oxygen atoms in total. The van der Waals surface area contributed by atoms with Crippen LogP contribution in [0.4, 0.5) is 0 Å². The molecular formula is C31H47NO4. The van der Waals surface area contributed by atoms with Crippen LogP contribution in [0, 0.1) is 46.3 Å². The number of esters is 1. The molecule has 5 heteroatoms. The fraction of sp³-hybridized carbons (Fsp3) is 0.871. The van der Waals surface area contributed by atoms with Crippen molar-refractivity contribution in [2.45, 2.75) is 117 Å². The van der Waals surface area contributed by atoms with Crippen molar-refractivity contribution in [2.75, 3.05) is 6.54 Å². The zero-order valence-electron chi connectivity index (χ0n) is 23.3. The van der Waals surface area contributed by atoms with E-state index in [4.69, 9.17) is 9.47 Å². The van der Waals surface area contributed by atoms with Crippen molar-refractivity contribution in [2.24, 2.45) is 46.3 Å². The smallest absolute Gasteiger partial charge is 0.302 e. The molecule has 11 atom stereocenters. The minimum Gasteiger partial charge on any atom is -0.462 e. The van der Waals surface area contributed by atoms with Gasteiger partial charge in [0.2, 0.25) is 5.91 Å². The number of carbonyl (C=O) groups excluding carboxylic acids is 2. The summed E-state index contributed by atoms with van der Waals surface area (Å²) in [6.07, 6.45) is 13.0. The maximum Gasteiger partial charge on any atom is 0.302 e. The first kappa shape index (κ1) is 24.9. The Morgan fingerprint density at radius 1 is 1.06 bits per heavy atom. The number of ether oxygens (including phenoxy) is 2. The molecule has 0 aromatic heterocycles. The van der Waals surface area contributed by atoms with E-state index in [1.54, 1.807) is 12.5 Å². The third kappa shape index (κ3) is 3.36. The summed E-state index contributed by atoms with van der Waals surface area (Å²) in [5.74, 6) is 3.64. The van der Waals surface area contributed by atoms with Crippen LogP contribution < -0.4 is 0 Å². The lowest BCUT2D eigenvalue weighted by Gasteiger charge is -2.59. The number of rotatable bonds is 1. The molecule has 5 fully saturated rings. The molecule has 2 aliphatic heterocycles. The van der Waals surface area contributed by atoms with Crippen molar-refractivity contribution >= 4 is 11.9 Å². The minimum atomic E-state index is -0.390. The molecule has 0 aromatic carbocycles. The SMILES string of the molecule is CC(=O)O[C@H]1CC[C@@]2(C)C(=CC[C@@H]3[C@H]4C[C@H]5O[C@]6(CC[C@H](C)CN6C(C)=O)[C@@H](C)[C@H]5[C@@]4(C)CC[C@H]32)C1. The van der Waals surface area contributed by atoms with E-state index >= 15 is 0 Å². The van der Waals surface area contributed by atoms with E-state index in [1.807, 2.05) is 0 Å². The van der Waals surface area contributed by atoms with E-state index in [2.05, 4.69) is 38.7 Å². The van der Waals surface area contributed by atoms with Crippen LogP contribution in [-0.2, 0) is 19.1 Å². The Balaban J connectivity index is 1.26. The van der Waals surface area contributed by atoms with Crippen LogP contribution in [0.1, 0.15) is 99.3 Å². The number of nitrogens with zero attached hydrogens (tertiary/aromatic N) is 1. The summed E-state index contributed by atoms with van der Waals surface area (Å²) in [5.41, 5.74) is 1.70. The predicted octanol–water partition coefficient (Wildman–Crippen LogP) is 6.12. The highest BCUT2D eigenvalue weighted by Crippen LogP contribution is 2.70. The fourth-order valence-corrected chi connectivity index (χ4v) is 10.8. The highest BCUT2D eigenvalue weighted by Gasteiger charge is 2.69. The molecule has 2 heterocycles. The molecule has 0 N–H and O–H groups in total. The predicted molar refractivity (Wildman–Crippen MR) is 139 cm³/mol. The number of fused-ring (bicyclic) bond motifs is 7. The first-order valence-corrected chi connectivity index (χ1v) is 14.8. The Labute approximate surface area is 217 Å². The zero-order chi connectivity index (χ0) is 25.6. The average molecular weight is 498 g/mol. The molecule has 3 saturated carbocycles. The Kier molecular flexibility index (Phi) is 5.76. The topological polar surface area (TPSA) is 55.8 Å². The van der Waals surface area contributed by atoms with E-state index in [0.717, 1.165) is 56.9 Å². The van der Waals surface area contributed by atoms with Gasteiger partial charge in [0.25, 0.3) is 0 Å². The first-order chi connectivity index (χ1) is 17.0. The van der Waals surface area contributed by atoms with E-state index in [1.165, 1.54) is 26.2 Å². The van der Waals surface area contributed by atoms with E-state index < -0.39 is 0 Å². The maximum atomic E-state index is 12.8. The molecule has 6 aliphatic rings. The van der Waals surface area contributed by atoms with Gasteiger partial charge in [-0.15, -0.1) is 0 Å². The molecule has 0 aromatic rings. The van der Waals surface area contributed by atoms with Gasteiger partial charge in [0, 0.05) is 32.7 Å². The zero-order valence-corrected chi connectivity index (χ0v) is 23.3. The summed E-state index contributed by atoms with van der Waals surface area (Å²) >= 11 is 0. The average Bonchev–Trinajstić information content (AvgIpc) is 3.26. The van der Waals surface area contributed by atoms with Gasteiger partial charge in [0.05, 0.1) is 6.10 Å². The molecule has 200 valence electrons. The number of amides is 1. The first-order valence-electron chi connectivity index (χ1n) is 14.8. The molecule has 4 aliphatic carbocycles.